The average molecular weight is 378 g/mol. The van der Waals surface area contributed by atoms with Crippen molar-refractivity contribution in [1.29, 1.82) is 0 Å². The highest BCUT2D eigenvalue weighted by Crippen LogP contribution is 2.27. The van der Waals surface area contributed by atoms with Crippen LogP contribution in [0.1, 0.15) is 50.7 Å². The maximum atomic E-state index is 13.1. The van der Waals surface area contributed by atoms with Crippen LogP contribution in [0.15, 0.2) is 36.9 Å². The zero-order valence-corrected chi connectivity index (χ0v) is 15.9. The number of aryl methyl sites for hydroxylation is 1. The number of amides is 2. The van der Waals surface area contributed by atoms with Gasteiger partial charge in [0, 0.05) is 50.3 Å². The molecule has 0 spiro atoms. The molecule has 3 aromatic rings. The second kappa shape index (κ2) is 7.38. The Balaban J connectivity index is 1.53. The number of carbonyl (C=O) groups excluding carboxylic acids is 2. The molecule has 1 fully saturated rings. The van der Waals surface area contributed by atoms with E-state index in [9.17, 15) is 9.59 Å². The highest BCUT2D eigenvalue weighted by Gasteiger charge is 2.28. The summed E-state index contributed by atoms with van der Waals surface area (Å²) < 4.78 is 1.64. The molecule has 0 aliphatic carbocycles. The van der Waals surface area contributed by atoms with Gasteiger partial charge in [-0.15, -0.1) is 0 Å². The third kappa shape index (κ3) is 3.33. The molecule has 1 aliphatic heterocycles. The van der Waals surface area contributed by atoms with E-state index in [1.807, 2.05) is 24.1 Å². The summed E-state index contributed by atoms with van der Waals surface area (Å²) in [5.74, 6) is -0.0677. The summed E-state index contributed by atoms with van der Waals surface area (Å²) in [6.45, 7) is 3.23. The molecule has 28 heavy (non-hydrogen) atoms. The summed E-state index contributed by atoms with van der Waals surface area (Å²) in [4.78, 5) is 35.4. The molecule has 2 amide bonds. The zero-order valence-electron chi connectivity index (χ0n) is 15.9. The SMILES string of the molecule is CNC(=O)c1ccc([C@@H]2CCCN(C(=O)c3cnn4cc(C)cnc34)C2)nc1. The van der Waals surface area contributed by atoms with Crippen LogP contribution in [0.2, 0.25) is 0 Å². The Hall–Kier alpha value is -3.29. The highest BCUT2D eigenvalue weighted by atomic mass is 16.2. The molecule has 4 rings (SSSR count). The van der Waals surface area contributed by atoms with Crippen LogP contribution in [-0.2, 0) is 0 Å². The fraction of sp³-hybridized carbons (Fsp3) is 0.350. The Morgan fingerprint density at radius 3 is 2.79 bits per heavy atom. The molecule has 1 N–H and O–H groups in total. The Morgan fingerprint density at radius 2 is 2.04 bits per heavy atom. The van der Waals surface area contributed by atoms with Gasteiger partial charge in [0.15, 0.2) is 5.65 Å². The van der Waals surface area contributed by atoms with Crippen LogP contribution >= 0.6 is 0 Å². The monoisotopic (exact) mass is 378 g/mol. The third-order valence-corrected chi connectivity index (χ3v) is 5.12. The van der Waals surface area contributed by atoms with Gasteiger partial charge in [0.25, 0.3) is 11.8 Å². The van der Waals surface area contributed by atoms with Crippen LogP contribution in [-0.4, -0.2) is 56.4 Å². The molecular formula is C20H22N6O2. The van der Waals surface area contributed by atoms with Crippen molar-refractivity contribution >= 4 is 17.5 Å². The van der Waals surface area contributed by atoms with Gasteiger partial charge < -0.3 is 10.2 Å². The van der Waals surface area contributed by atoms with E-state index in [-0.39, 0.29) is 17.7 Å². The lowest BCUT2D eigenvalue weighted by molar-refractivity contribution is 0.0707. The van der Waals surface area contributed by atoms with E-state index in [0.717, 1.165) is 24.1 Å². The van der Waals surface area contributed by atoms with Gasteiger partial charge in [0.1, 0.15) is 5.56 Å². The zero-order chi connectivity index (χ0) is 19.7. The number of aromatic nitrogens is 4. The third-order valence-electron chi connectivity index (χ3n) is 5.12. The molecule has 0 aromatic carbocycles. The minimum absolute atomic E-state index is 0.0574. The number of pyridine rings is 1. The van der Waals surface area contributed by atoms with Gasteiger partial charge in [-0.05, 0) is 37.5 Å². The van der Waals surface area contributed by atoms with Gasteiger partial charge in [-0.2, -0.15) is 5.10 Å². The van der Waals surface area contributed by atoms with Gasteiger partial charge in [-0.25, -0.2) is 9.50 Å². The van der Waals surface area contributed by atoms with E-state index in [1.165, 1.54) is 0 Å². The maximum absolute atomic E-state index is 13.1. The number of rotatable bonds is 3. The molecular weight excluding hydrogens is 356 g/mol. The highest BCUT2D eigenvalue weighted by molar-refractivity contribution is 5.99. The van der Waals surface area contributed by atoms with Crippen LogP contribution in [0.25, 0.3) is 5.65 Å². The molecule has 3 aromatic heterocycles. The number of piperidine rings is 1. The Labute approximate surface area is 162 Å². The first-order valence-corrected chi connectivity index (χ1v) is 9.34. The fourth-order valence-electron chi connectivity index (χ4n) is 3.62. The molecule has 4 heterocycles. The van der Waals surface area contributed by atoms with Crippen molar-refractivity contribution in [2.75, 3.05) is 20.1 Å². The van der Waals surface area contributed by atoms with E-state index in [0.29, 0.717) is 29.9 Å². The van der Waals surface area contributed by atoms with Crippen molar-refractivity contribution in [2.24, 2.45) is 0 Å². The van der Waals surface area contributed by atoms with E-state index in [2.05, 4.69) is 20.4 Å². The normalized spacial score (nSPS) is 16.9. The van der Waals surface area contributed by atoms with E-state index in [4.69, 9.17) is 0 Å². The first kappa shape index (κ1) is 18.1. The molecule has 1 saturated heterocycles. The van der Waals surface area contributed by atoms with Crippen LogP contribution in [0.3, 0.4) is 0 Å². The van der Waals surface area contributed by atoms with Crippen LogP contribution in [0, 0.1) is 6.92 Å². The van der Waals surface area contributed by atoms with Crippen LogP contribution in [0.5, 0.6) is 0 Å². The lowest BCUT2D eigenvalue weighted by Crippen LogP contribution is -2.39. The first-order chi connectivity index (χ1) is 13.6. The lowest BCUT2D eigenvalue weighted by Gasteiger charge is -2.32. The predicted octanol–water partition coefficient (Wildman–Crippen LogP) is 1.81. The first-order valence-electron chi connectivity index (χ1n) is 9.34. The minimum atomic E-state index is -0.157. The molecule has 8 heteroatoms. The van der Waals surface area contributed by atoms with Gasteiger partial charge in [-0.3, -0.25) is 14.6 Å². The van der Waals surface area contributed by atoms with Gasteiger partial charge in [-0.1, -0.05) is 0 Å². The summed E-state index contributed by atoms with van der Waals surface area (Å²) in [5.41, 5.74) is 3.51. The summed E-state index contributed by atoms with van der Waals surface area (Å²) in [7, 11) is 1.59. The molecule has 0 unspecified atom stereocenters. The Morgan fingerprint density at radius 1 is 1.18 bits per heavy atom. The summed E-state index contributed by atoms with van der Waals surface area (Å²) in [6.07, 6.45) is 8.64. The fourth-order valence-corrected chi connectivity index (χ4v) is 3.62. The topological polar surface area (TPSA) is 92.5 Å². The van der Waals surface area contributed by atoms with Crippen LogP contribution in [0.4, 0.5) is 0 Å². The quantitative estimate of drug-likeness (QED) is 0.750. The Kier molecular flexibility index (Phi) is 4.77. The number of hydrogen-bond donors (Lipinski definition) is 1. The number of nitrogens with zero attached hydrogens (tertiary/aromatic N) is 5. The van der Waals surface area contributed by atoms with Crippen molar-refractivity contribution < 1.29 is 9.59 Å². The summed E-state index contributed by atoms with van der Waals surface area (Å²) >= 11 is 0. The van der Waals surface area contributed by atoms with E-state index < -0.39 is 0 Å². The van der Waals surface area contributed by atoms with E-state index in [1.54, 1.807) is 36.2 Å². The smallest absolute Gasteiger partial charge is 0.259 e. The molecule has 8 nitrogen and oxygen atoms in total. The number of fused-ring (bicyclic) bond motifs is 1. The second-order valence-corrected chi connectivity index (χ2v) is 7.10. The molecule has 0 radical (unpaired) electrons. The van der Waals surface area contributed by atoms with Crippen molar-refractivity contribution in [3.63, 3.8) is 0 Å². The molecule has 144 valence electrons. The number of carbonyl (C=O) groups is 2. The predicted molar refractivity (Wildman–Crippen MR) is 103 cm³/mol. The van der Waals surface area contributed by atoms with Gasteiger partial charge in [0.2, 0.25) is 0 Å². The standard InChI is InChI=1S/C20H22N6O2/c1-13-8-23-18-16(10-24-26(18)11-13)20(28)25-7-3-4-15(12-25)17-6-5-14(9-22-17)19(27)21-2/h5-6,8-11,15H,3-4,7,12H2,1-2H3,(H,21,27)/t15-/m1/s1. The number of likely N-dealkylation sites (tertiary alicyclic amines) is 1. The summed E-state index contributed by atoms with van der Waals surface area (Å²) in [5, 5.41) is 6.85. The van der Waals surface area contributed by atoms with E-state index >= 15 is 0 Å². The van der Waals surface area contributed by atoms with Crippen molar-refractivity contribution in [1.82, 2.24) is 29.8 Å². The summed E-state index contributed by atoms with van der Waals surface area (Å²) in [6, 6.07) is 3.66. The molecule has 0 bridgehead atoms. The lowest BCUT2D eigenvalue weighted by atomic mass is 9.93. The molecule has 1 aliphatic rings. The maximum Gasteiger partial charge on any atom is 0.259 e. The Bertz CT molecular complexity index is 1030. The minimum Gasteiger partial charge on any atom is -0.355 e. The number of hydrogen-bond acceptors (Lipinski definition) is 5. The van der Waals surface area contributed by atoms with Gasteiger partial charge >= 0.3 is 0 Å². The number of nitrogens with one attached hydrogen (secondary N) is 1. The van der Waals surface area contributed by atoms with Crippen molar-refractivity contribution in [3.8, 4) is 0 Å². The average Bonchev–Trinajstić information content (AvgIpc) is 3.15. The van der Waals surface area contributed by atoms with Crippen LogP contribution < -0.4 is 5.32 Å². The molecule has 1 atom stereocenters. The molecule has 0 saturated carbocycles. The second-order valence-electron chi connectivity index (χ2n) is 7.10. The largest absolute Gasteiger partial charge is 0.355 e. The van der Waals surface area contributed by atoms with Gasteiger partial charge in [0.05, 0.1) is 11.8 Å². The van der Waals surface area contributed by atoms with Crippen molar-refractivity contribution in [2.45, 2.75) is 25.7 Å². The van der Waals surface area contributed by atoms with Crippen molar-refractivity contribution in [3.05, 3.63) is 59.3 Å².